The van der Waals surface area contributed by atoms with E-state index in [-0.39, 0.29) is 12.4 Å². The molecule has 0 radical (unpaired) electrons. The third-order valence-electron chi connectivity index (χ3n) is 4.45. The number of benzene rings is 2. The second-order valence-electron chi connectivity index (χ2n) is 6.20. The molecule has 0 atom stereocenters. The lowest BCUT2D eigenvalue weighted by atomic mass is 10.1. The number of ether oxygens (including phenoxy) is 2. The van der Waals surface area contributed by atoms with Crippen LogP contribution in [0.1, 0.15) is 5.56 Å². The molecule has 0 spiro atoms. The molecule has 1 aliphatic heterocycles. The molecular formula is C20H11BrClN3O3S. The Hall–Kier alpha value is -2.68. The monoisotopic (exact) mass is 487 g/mol. The summed E-state index contributed by atoms with van der Waals surface area (Å²) >= 11 is 10.9. The maximum atomic E-state index is 13.1. The van der Waals surface area contributed by atoms with Gasteiger partial charge in [0.1, 0.15) is 11.2 Å². The van der Waals surface area contributed by atoms with Gasteiger partial charge in [-0.25, -0.2) is 4.98 Å². The smallest absolute Gasteiger partial charge is 0.283 e. The number of nitrogens with zero attached hydrogens (tertiary/aromatic N) is 3. The van der Waals surface area contributed by atoms with Crippen molar-refractivity contribution in [1.82, 2.24) is 9.66 Å². The van der Waals surface area contributed by atoms with Crippen molar-refractivity contribution in [3.05, 3.63) is 73.5 Å². The van der Waals surface area contributed by atoms with Gasteiger partial charge in [-0.2, -0.15) is 9.78 Å². The van der Waals surface area contributed by atoms with Crippen molar-refractivity contribution in [3.8, 4) is 22.6 Å². The molecule has 6 nitrogen and oxygen atoms in total. The number of fused-ring (bicyclic) bond motifs is 2. The van der Waals surface area contributed by atoms with Crippen LogP contribution in [-0.4, -0.2) is 22.7 Å². The van der Waals surface area contributed by atoms with E-state index >= 15 is 0 Å². The largest absolute Gasteiger partial charge is 0.454 e. The van der Waals surface area contributed by atoms with Crippen LogP contribution in [0.25, 0.3) is 21.3 Å². The maximum Gasteiger partial charge on any atom is 0.283 e. The van der Waals surface area contributed by atoms with Gasteiger partial charge in [-0.1, -0.05) is 23.7 Å². The Kier molecular flexibility index (Phi) is 4.61. The van der Waals surface area contributed by atoms with Crippen LogP contribution in [-0.2, 0) is 0 Å². The van der Waals surface area contributed by atoms with Crippen LogP contribution in [0.5, 0.6) is 11.5 Å². The van der Waals surface area contributed by atoms with E-state index in [0.717, 1.165) is 21.2 Å². The molecule has 0 aliphatic carbocycles. The van der Waals surface area contributed by atoms with Gasteiger partial charge in [0.25, 0.3) is 5.56 Å². The van der Waals surface area contributed by atoms with Crippen LogP contribution in [0.2, 0.25) is 5.02 Å². The predicted octanol–water partition coefficient (Wildman–Crippen LogP) is 5.15. The Morgan fingerprint density at radius 2 is 1.97 bits per heavy atom. The van der Waals surface area contributed by atoms with Gasteiger partial charge < -0.3 is 9.47 Å². The summed E-state index contributed by atoms with van der Waals surface area (Å²) < 4.78 is 12.8. The van der Waals surface area contributed by atoms with Crippen molar-refractivity contribution >= 4 is 55.3 Å². The van der Waals surface area contributed by atoms with Crippen molar-refractivity contribution in [2.45, 2.75) is 0 Å². The highest BCUT2D eigenvalue weighted by atomic mass is 79.9. The fraction of sp³-hybridized carbons (Fsp3) is 0.0500. The molecule has 5 rings (SSSR count). The summed E-state index contributed by atoms with van der Waals surface area (Å²) in [5, 5.41) is 7.41. The third-order valence-corrected chi connectivity index (χ3v) is 6.27. The minimum Gasteiger partial charge on any atom is -0.454 e. The highest BCUT2D eigenvalue weighted by molar-refractivity contribution is 9.10. The Labute approximate surface area is 182 Å². The number of aromatic nitrogens is 2. The molecule has 3 heterocycles. The van der Waals surface area contributed by atoms with Crippen LogP contribution in [0, 0.1) is 0 Å². The van der Waals surface area contributed by atoms with E-state index in [1.807, 2.05) is 23.6 Å². The Bertz CT molecular complexity index is 1330. The summed E-state index contributed by atoms with van der Waals surface area (Å²) in [4.78, 5) is 18.1. The van der Waals surface area contributed by atoms with E-state index in [9.17, 15) is 4.79 Å². The van der Waals surface area contributed by atoms with Crippen LogP contribution in [0.3, 0.4) is 0 Å². The van der Waals surface area contributed by atoms with Gasteiger partial charge in [0.05, 0.1) is 11.6 Å². The molecule has 0 N–H and O–H groups in total. The van der Waals surface area contributed by atoms with E-state index in [2.05, 4.69) is 26.0 Å². The van der Waals surface area contributed by atoms with Gasteiger partial charge in [-0.15, -0.1) is 11.3 Å². The number of hydrogen-bond acceptors (Lipinski definition) is 6. The third kappa shape index (κ3) is 3.33. The van der Waals surface area contributed by atoms with Crippen molar-refractivity contribution in [2.75, 3.05) is 6.79 Å². The van der Waals surface area contributed by atoms with Gasteiger partial charge in [0, 0.05) is 26.0 Å². The molecule has 0 amide bonds. The van der Waals surface area contributed by atoms with Crippen LogP contribution >= 0.6 is 38.9 Å². The van der Waals surface area contributed by atoms with Gasteiger partial charge in [0.15, 0.2) is 11.5 Å². The maximum absolute atomic E-state index is 13.1. The number of rotatable bonds is 3. The second-order valence-corrected chi connectivity index (χ2v) is 8.35. The highest BCUT2D eigenvalue weighted by Gasteiger charge is 2.16. The molecule has 2 aromatic heterocycles. The summed E-state index contributed by atoms with van der Waals surface area (Å²) in [6.07, 6.45) is 3.00. The van der Waals surface area contributed by atoms with Crippen molar-refractivity contribution in [1.29, 1.82) is 0 Å². The molecule has 2 aromatic carbocycles. The van der Waals surface area contributed by atoms with Crippen LogP contribution < -0.4 is 15.0 Å². The Morgan fingerprint density at radius 1 is 1.21 bits per heavy atom. The minimum absolute atomic E-state index is 0.189. The molecule has 9 heteroatoms. The topological polar surface area (TPSA) is 65.7 Å². The zero-order valence-corrected chi connectivity index (χ0v) is 17.8. The summed E-state index contributed by atoms with van der Waals surface area (Å²) in [6.45, 7) is 0.189. The first-order valence-corrected chi connectivity index (χ1v) is 10.5. The first-order chi connectivity index (χ1) is 14.1. The Morgan fingerprint density at radius 3 is 2.76 bits per heavy atom. The molecule has 0 unspecified atom stereocenters. The molecule has 1 aliphatic rings. The van der Waals surface area contributed by atoms with Crippen molar-refractivity contribution < 1.29 is 9.47 Å². The lowest BCUT2D eigenvalue weighted by molar-refractivity contribution is 0.174. The molecule has 0 fully saturated rings. The van der Waals surface area contributed by atoms with E-state index in [1.54, 1.807) is 24.4 Å². The van der Waals surface area contributed by atoms with Gasteiger partial charge in [-0.3, -0.25) is 4.79 Å². The molecule has 0 saturated heterocycles. The summed E-state index contributed by atoms with van der Waals surface area (Å²) in [7, 11) is 0. The lowest BCUT2D eigenvalue weighted by Crippen LogP contribution is -2.16. The van der Waals surface area contributed by atoms with E-state index < -0.39 is 0 Å². The quantitative estimate of drug-likeness (QED) is 0.374. The SMILES string of the molecule is O=c1c2c(-c3ccc(Cl)cc3)csc2ncn1/N=C/c1cc2c(cc1Br)OCO2. The fourth-order valence-electron chi connectivity index (χ4n) is 3.00. The average molecular weight is 489 g/mol. The number of thiophene rings is 1. The molecule has 29 heavy (non-hydrogen) atoms. The zero-order valence-electron chi connectivity index (χ0n) is 14.6. The van der Waals surface area contributed by atoms with E-state index in [4.69, 9.17) is 21.1 Å². The molecule has 144 valence electrons. The first-order valence-electron chi connectivity index (χ1n) is 8.48. The molecule has 4 aromatic rings. The molecule has 0 bridgehead atoms. The predicted molar refractivity (Wildman–Crippen MR) is 118 cm³/mol. The van der Waals surface area contributed by atoms with Crippen LogP contribution in [0.15, 0.2) is 62.5 Å². The summed E-state index contributed by atoms with van der Waals surface area (Å²) in [5.41, 5.74) is 2.23. The van der Waals surface area contributed by atoms with Crippen molar-refractivity contribution in [2.24, 2.45) is 5.10 Å². The van der Waals surface area contributed by atoms with E-state index in [1.165, 1.54) is 22.3 Å². The van der Waals surface area contributed by atoms with Gasteiger partial charge >= 0.3 is 0 Å². The fourth-order valence-corrected chi connectivity index (χ4v) is 4.46. The van der Waals surface area contributed by atoms with Crippen molar-refractivity contribution in [3.63, 3.8) is 0 Å². The van der Waals surface area contributed by atoms with E-state index in [0.29, 0.717) is 26.7 Å². The first kappa shape index (κ1) is 18.4. The molecule has 0 saturated carbocycles. The zero-order chi connectivity index (χ0) is 20.0. The van der Waals surface area contributed by atoms with Gasteiger partial charge in [-0.05, 0) is 45.8 Å². The number of halogens is 2. The standard InChI is InChI=1S/C20H11BrClN3O3S/c21-15-6-17-16(27-10-28-17)5-12(15)7-24-25-9-23-19-18(20(25)26)14(8-29-19)11-1-3-13(22)4-2-11/h1-9H,10H2/b24-7+. The average Bonchev–Trinajstić information content (AvgIpc) is 3.35. The summed E-state index contributed by atoms with van der Waals surface area (Å²) in [6, 6.07) is 11.0. The van der Waals surface area contributed by atoms with Crippen LogP contribution in [0.4, 0.5) is 0 Å². The second kappa shape index (κ2) is 7.29. The Balaban J connectivity index is 1.57. The summed E-state index contributed by atoms with van der Waals surface area (Å²) in [5.74, 6) is 1.30. The molecular weight excluding hydrogens is 478 g/mol. The highest BCUT2D eigenvalue weighted by Crippen LogP contribution is 2.36. The van der Waals surface area contributed by atoms with Gasteiger partial charge in [0.2, 0.25) is 6.79 Å². The lowest BCUT2D eigenvalue weighted by Gasteiger charge is -2.03. The minimum atomic E-state index is -0.241. The normalized spacial score (nSPS) is 12.9. The number of hydrogen-bond donors (Lipinski definition) is 0.